The second-order valence-corrected chi connectivity index (χ2v) is 16.2. The Hall–Kier alpha value is -5.89. The van der Waals surface area contributed by atoms with Crippen LogP contribution in [0.15, 0.2) is 127 Å². The molecule has 0 saturated carbocycles. The highest BCUT2D eigenvalue weighted by Gasteiger charge is 2.44. The first-order valence-corrected chi connectivity index (χ1v) is 19.7. The van der Waals surface area contributed by atoms with Crippen molar-refractivity contribution >= 4 is 29.0 Å². The van der Waals surface area contributed by atoms with Crippen LogP contribution >= 0.6 is 0 Å². The van der Waals surface area contributed by atoms with E-state index >= 15 is 13.2 Å². The summed E-state index contributed by atoms with van der Waals surface area (Å²) in [5.74, 6) is -0.935. The van der Waals surface area contributed by atoms with Gasteiger partial charge in [-0.25, -0.2) is 9.59 Å². The van der Waals surface area contributed by atoms with Crippen LogP contribution in [0.25, 0.3) is 22.3 Å². The van der Waals surface area contributed by atoms with Crippen LogP contribution in [-0.2, 0) is 36.1 Å². The standard InChI is InChI=1S/C50H48F3NO4/c1-31(2)46(55)57-26-12-24-49(25-13-27-58-47(56)32(3)4)41-17-11-9-15-37(41)39-22-20-35(30-44(39)49)54(45-28-33(5)18-23-42(45)50(51,52)53)34-19-21-38-36-14-8-10-16-40(36)48(6,7)43(38)29-34/h8-11,14-23,28-30H,1,3,12-13,24-27H2,2,4-7H3. The third-order valence-electron chi connectivity index (χ3n) is 11.7. The predicted octanol–water partition coefficient (Wildman–Crippen LogP) is 12.9. The summed E-state index contributed by atoms with van der Waals surface area (Å²) in [4.78, 5) is 26.5. The van der Waals surface area contributed by atoms with E-state index in [1.54, 1.807) is 31.7 Å². The monoisotopic (exact) mass is 783 g/mol. The molecule has 0 saturated heterocycles. The SMILES string of the molecule is C=C(C)C(=O)OCCCC1(CCCOC(=O)C(=C)C)c2ccccc2-c2ccc(N(c3ccc4c(c3)C(C)(C)c3ccccc3-4)c3cc(C)ccc3C(F)(F)F)cc21. The quantitative estimate of drug-likeness (QED) is 0.0676. The van der Waals surface area contributed by atoms with Gasteiger partial charge in [0.15, 0.2) is 0 Å². The molecule has 5 nitrogen and oxygen atoms in total. The van der Waals surface area contributed by atoms with Crippen molar-refractivity contribution < 1.29 is 32.2 Å². The number of ether oxygens (including phenoxy) is 2. The average molecular weight is 784 g/mol. The van der Waals surface area contributed by atoms with E-state index in [-0.39, 0.29) is 24.3 Å². The Kier molecular flexibility index (Phi) is 10.7. The van der Waals surface area contributed by atoms with Gasteiger partial charge >= 0.3 is 18.1 Å². The molecule has 0 unspecified atom stereocenters. The lowest BCUT2D eigenvalue weighted by Crippen LogP contribution is -2.27. The van der Waals surface area contributed by atoms with Gasteiger partial charge in [0.2, 0.25) is 0 Å². The summed E-state index contributed by atoms with van der Waals surface area (Å²) in [6, 6.07) is 32.6. The highest BCUT2D eigenvalue weighted by Crippen LogP contribution is 2.56. The van der Waals surface area contributed by atoms with E-state index in [9.17, 15) is 9.59 Å². The fourth-order valence-corrected chi connectivity index (χ4v) is 8.90. The van der Waals surface area contributed by atoms with Gasteiger partial charge in [-0.3, -0.25) is 0 Å². The summed E-state index contributed by atoms with van der Waals surface area (Å²) < 4.78 is 56.3. The first kappa shape index (κ1) is 40.3. The Morgan fingerprint density at radius 3 is 1.67 bits per heavy atom. The molecule has 8 heteroatoms. The van der Waals surface area contributed by atoms with E-state index in [1.807, 2.05) is 60.7 Å². The van der Waals surface area contributed by atoms with E-state index in [1.165, 1.54) is 11.6 Å². The molecular formula is C50H48F3NO4. The minimum atomic E-state index is -4.63. The molecule has 5 aromatic rings. The van der Waals surface area contributed by atoms with Crippen molar-refractivity contribution in [3.63, 3.8) is 0 Å². The summed E-state index contributed by atoms with van der Waals surface area (Å²) in [6.45, 7) is 17.0. The number of carbonyl (C=O) groups is 2. The zero-order valence-electron chi connectivity index (χ0n) is 33.7. The van der Waals surface area contributed by atoms with Gasteiger partial charge in [-0.1, -0.05) is 93.7 Å². The third-order valence-corrected chi connectivity index (χ3v) is 11.7. The van der Waals surface area contributed by atoms with Gasteiger partial charge in [0, 0.05) is 33.4 Å². The van der Waals surface area contributed by atoms with Crippen molar-refractivity contribution in [1.29, 1.82) is 0 Å². The molecule has 58 heavy (non-hydrogen) atoms. The van der Waals surface area contributed by atoms with Crippen LogP contribution in [0.4, 0.5) is 30.2 Å². The Morgan fingerprint density at radius 1 is 0.638 bits per heavy atom. The molecule has 0 bridgehead atoms. The van der Waals surface area contributed by atoms with Crippen LogP contribution < -0.4 is 4.90 Å². The Morgan fingerprint density at radius 2 is 1.12 bits per heavy atom. The minimum absolute atomic E-state index is 0.0280. The van der Waals surface area contributed by atoms with Gasteiger partial charge in [-0.15, -0.1) is 0 Å². The van der Waals surface area contributed by atoms with Crippen LogP contribution in [0.5, 0.6) is 0 Å². The van der Waals surface area contributed by atoms with E-state index < -0.39 is 29.1 Å². The van der Waals surface area contributed by atoms with Crippen LogP contribution in [0.1, 0.15) is 86.8 Å². The number of anilines is 3. The molecule has 0 radical (unpaired) electrons. The maximum absolute atomic E-state index is 15.1. The highest BCUT2D eigenvalue weighted by molar-refractivity contribution is 5.90. The molecule has 0 spiro atoms. The maximum atomic E-state index is 15.1. The second kappa shape index (κ2) is 15.5. The first-order valence-electron chi connectivity index (χ1n) is 19.7. The predicted molar refractivity (Wildman–Crippen MR) is 225 cm³/mol. The van der Waals surface area contributed by atoms with Crippen molar-refractivity contribution in [2.75, 3.05) is 18.1 Å². The number of hydrogen-bond donors (Lipinski definition) is 0. The topological polar surface area (TPSA) is 55.8 Å². The molecule has 0 aliphatic heterocycles. The normalized spacial score (nSPS) is 14.1. The number of alkyl halides is 3. The summed E-state index contributed by atoms with van der Waals surface area (Å²) >= 11 is 0. The molecule has 0 aromatic heterocycles. The molecule has 0 N–H and O–H groups in total. The number of hydrogen-bond acceptors (Lipinski definition) is 5. The van der Waals surface area contributed by atoms with Crippen LogP contribution in [0.3, 0.4) is 0 Å². The molecular weight excluding hydrogens is 736 g/mol. The van der Waals surface area contributed by atoms with Crippen molar-refractivity contribution in [3.05, 3.63) is 161 Å². The lowest BCUT2D eigenvalue weighted by molar-refractivity contribution is -0.139. The number of carbonyl (C=O) groups excluding carboxylic acids is 2. The summed E-state index contributed by atoms with van der Waals surface area (Å²) in [5.41, 5.74) is 9.14. The molecule has 2 aliphatic carbocycles. The largest absolute Gasteiger partial charge is 0.462 e. The number of benzene rings is 5. The summed E-state index contributed by atoms with van der Waals surface area (Å²) in [6.07, 6.45) is -2.51. The fourth-order valence-electron chi connectivity index (χ4n) is 8.90. The zero-order chi connectivity index (χ0) is 41.6. The number of rotatable bonds is 13. The molecule has 0 atom stereocenters. The lowest BCUT2D eigenvalue weighted by atomic mass is 9.71. The van der Waals surface area contributed by atoms with Gasteiger partial charge < -0.3 is 14.4 Å². The van der Waals surface area contributed by atoms with Gasteiger partial charge in [-0.05, 0) is 133 Å². The lowest BCUT2D eigenvalue weighted by Gasteiger charge is -2.34. The Labute approximate surface area is 338 Å². The highest BCUT2D eigenvalue weighted by atomic mass is 19.4. The van der Waals surface area contributed by atoms with E-state index in [2.05, 4.69) is 51.3 Å². The number of aryl methyl sites for hydroxylation is 1. The van der Waals surface area contributed by atoms with Crippen molar-refractivity contribution in [2.24, 2.45) is 0 Å². The molecule has 0 heterocycles. The van der Waals surface area contributed by atoms with Crippen LogP contribution in [0, 0.1) is 6.92 Å². The second-order valence-electron chi connectivity index (χ2n) is 16.2. The number of nitrogens with zero attached hydrogens (tertiary/aromatic N) is 1. The average Bonchev–Trinajstić information content (AvgIpc) is 3.59. The van der Waals surface area contributed by atoms with Gasteiger partial charge in [0.1, 0.15) is 0 Å². The van der Waals surface area contributed by atoms with Crippen molar-refractivity contribution in [2.45, 2.75) is 77.3 Å². The molecule has 5 aromatic carbocycles. The maximum Gasteiger partial charge on any atom is 0.418 e. The van der Waals surface area contributed by atoms with E-state index in [0.717, 1.165) is 45.0 Å². The minimum Gasteiger partial charge on any atom is -0.462 e. The van der Waals surface area contributed by atoms with Crippen LogP contribution in [-0.4, -0.2) is 25.2 Å². The first-order chi connectivity index (χ1) is 27.5. The third kappa shape index (κ3) is 7.25. The van der Waals surface area contributed by atoms with Gasteiger partial charge in [0.25, 0.3) is 0 Å². The van der Waals surface area contributed by atoms with Crippen molar-refractivity contribution in [1.82, 2.24) is 0 Å². The number of fused-ring (bicyclic) bond motifs is 6. The smallest absolute Gasteiger partial charge is 0.418 e. The molecule has 0 amide bonds. The Bertz CT molecular complexity index is 2430. The van der Waals surface area contributed by atoms with E-state index in [4.69, 9.17) is 9.47 Å². The van der Waals surface area contributed by atoms with Crippen LogP contribution in [0.2, 0.25) is 0 Å². The molecule has 2 aliphatic rings. The van der Waals surface area contributed by atoms with Crippen molar-refractivity contribution in [3.8, 4) is 22.3 Å². The number of halogens is 3. The fraction of sp³-hybridized carbons (Fsp3) is 0.280. The zero-order valence-corrected chi connectivity index (χ0v) is 33.7. The Balaban J connectivity index is 1.41. The van der Waals surface area contributed by atoms with Gasteiger partial charge in [0.05, 0.1) is 24.5 Å². The molecule has 298 valence electrons. The van der Waals surface area contributed by atoms with Gasteiger partial charge in [-0.2, -0.15) is 13.2 Å². The van der Waals surface area contributed by atoms with E-state index in [0.29, 0.717) is 53.8 Å². The summed E-state index contributed by atoms with van der Waals surface area (Å²) in [5, 5.41) is 0. The summed E-state index contributed by atoms with van der Waals surface area (Å²) in [7, 11) is 0. The molecule has 0 fully saturated rings. The molecule has 7 rings (SSSR count). The number of esters is 2.